The van der Waals surface area contributed by atoms with Gasteiger partial charge in [-0.1, -0.05) is 30.3 Å². The fourth-order valence-corrected chi connectivity index (χ4v) is 1.56. The van der Waals surface area contributed by atoms with E-state index in [4.69, 9.17) is 0 Å². The molecule has 2 aromatic carbocycles. The van der Waals surface area contributed by atoms with E-state index in [1.807, 2.05) is 30.3 Å². The van der Waals surface area contributed by atoms with Crippen molar-refractivity contribution < 1.29 is 29.4 Å². The molecule has 0 spiro atoms. The zero-order chi connectivity index (χ0) is 9.97. The number of hydrogen-bond donors (Lipinski definition) is 0. The van der Waals surface area contributed by atoms with Crippen LogP contribution in [-0.4, -0.2) is 8.76 Å². The third-order valence-corrected chi connectivity index (χ3v) is 2.21. The van der Waals surface area contributed by atoms with Crippen LogP contribution in [0, 0.1) is 0 Å². The van der Waals surface area contributed by atoms with Gasteiger partial charge in [0.25, 0.3) is 0 Å². The summed E-state index contributed by atoms with van der Waals surface area (Å²) in [4.78, 5) is 0. The summed E-state index contributed by atoms with van der Waals surface area (Å²) in [6, 6.07) is 12.8. The van der Waals surface area contributed by atoms with Crippen molar-refractivity contribution in [1.82, 2.24) is 0 Å². The summed E-state index contributed by atoms with van der Waals surface area (Å²) in [5.41, 5.74) is 0. The summed E-state index contributed by atoms with van der Waals surface area (Å²) < 4.78 is 25.1. The Bertz CT molecular complexity index is 487. The van der Waals surface area contributed by atoms with Gasteiger partial charge >= 0.3 is 0 Å². The quantitative estimate of drug-likeness (QED) is 0.617. The van der Waals surface area contributed by atoms with Crippen molar-refractivity contribution in [2.24, 2.45) is 0 Å². The molecule has 82 valence electrons. The Morgan fingerprint density at radius 2 is 1.73 bits per heavy atom. The second-order valence-corrected chi connectivity index (χ2v) is 3.37. The average Bonchev–Trinajstić information content (AvgIpc) is 2.17. The van der Waals surface area contributed by atoms with Crippen molar-refractivity contribution in [2.45, 2.75) is 0 Å². The minimum atomic E-state index is -2.51. The predicted molar refractivity (Wildman–Crippen MR) is 53.5 cm³/mol. The molecule has 1 atom stereocenters. The normalized spacial score (nSPS) is 11.8. The minimum Gasteiger partial charge on any atom is -0.740 e. The second kappa shape index (κ2) is 5.26. The zero-order valence-corrected chi connectivity index (χ0v) is 9.29. The Morgan fingerprint density at radius 1 is 1.07 bits per heavy atom. The second-order valence-electron chi connectivity index (χ2n) is 2.80. The van der Waals surface area contributed by atoms with E-state index in [0.29, 0.717) is 5.75 Å². The SMILES string of the molecule is O=S([O-])Oc1ccc2ccccc2c1.[Ni]. The molecule has 0 radical (unpaired) electrons. The topological polar surface area (TPSA) is 49.4 Å². The molecular formula is C10H7NiO3S-. The number of benzene rings is 2. The van der Waals surface area contributed by atoms with Gasteiger partial charge < -0.3 is 8.74 Å². The first-order valence-electron chi connectivity index (χ1n) is 4.02. The Kier molecular flexibility index (Phi) is 4.27. The first-order valence-corrected chi connectivity index (χ1v) is 5.02. The molecule has 2 rings (SSSR count). The van der Waals surface area contributed by atoms with Gasteiger partial charge in [-0.05, 0) is 22.9 Å². The molecule has 3 nitrogen and oxygen atoms in total. The van der Waals surface area contributed by atoms with E-state index in [0.717, 1.165) is 10.8 Å². The first-order chi connectivity index (χ1) is 6.75. The minimum absolute atomic E-state index is 0. The fraction of sp³-hybridized carbons (Fsp3) is 0. The Hall–Kier alpha value is -0.896. The molecule has 2 aromatic rings. The van der Waals surface area contributed by atoms with Crippen LogP contribution in [0.15, 0.2) is 42.5 Å². The van der Waals surface area contributed by atoms with E-state index >= 15 is 0 Å². The van der Waals surface area contributed by atoms with Gasteiger partial charge in [0.15, 0.2) is 0 Å². The van der Waals surface area contributed by atoms with Crippen LogP contribution in [0.1, 0.15) is 0 Å². The van der Waals surface area contributed by atoms with Crippen LogP contribution in [0.3, 0.4) is 0 Å². The molecule has 0 saturated carbocycles. The largest absolute Gasteiger partial charge is 0.740 e. The molecule has 0 bridgehead atoms. The molecule has 0 fully saturated rings. The molecule has 5 heteroatoms. The van der Waals surface area contributed by atoms with Crippen LogP contribution < -0.4 is 4.18 Å². The Labute approximate surface area is 99.9 Å². The predicted octanol–water partition coefficient (Wildman–Crippen LogP) is 2.01. The van der Waals surface area contributed by atoms with E-state index in [-0.39, 0.29) is 16.5 Å². The van der Waals surface area contributed by atoms with Crippen LogP contribution in [0.4, 0.5) is 0 Å². The van der Waals surface area contributed by atoms with Gasteiger partial charge in [-0.25, -0.2) is 4.21 Å². The third-order valence-electron chi connectivity index (χ3n) is 1.89. The average molecular weight is 266 g/mol. The summed E-state index contributed by atoms with van der Waals surface area (Å²) in [5.74, 6) is 0.331. The third kappa shape index (κ3) is 3.03. The summed E-state index contributed by atoms with van der Waals surface area (Å²) in [6.45, 7) is 0. The summed E-state index contributed by atoms with van der Waals surface area (Å²) in [6.07, 6.45) is 0. The van der Waals surface area contributed by atoms with E-state index < -0.39 is 11.4 Å². The van der Waals surface area contributed by atoms with Crippen LogP contribution in [0.2, 0.25) is 0 Å². The van der Waals surface area contributed by atoms with Crippen molar-refractivity contribution in [3.63, 3.8) is 0 Å². The van der Waals surface area contributed by atoms with E-state index in [1.165, 1.54) is 0 Å². The molecule has 0 aromatic heterocycles. The van der Waals surface area contributed by atoms with E-state index in [2.05, 4.69) is 4.18 Å². The van der Waals surface area contributed by atoms with Crippen LogP contribution in [0.5, 0.6) is 5.75 Å². The molecule has 0 amide bonds. The van der Waals surface area contributed by atoms with Crippen molar-refractivity contribution in [1.29, 1.82) is 0 Å². The molecule has 1 unspecified atom stereocenters. The van der Waals surface area contributed by atoms with Crippen molar-refractivity contribution in [3.8, 4) is 5.75 Å². The number of rotatable bonds is 2. The standard InChI is InChI=1S/C10H8O3S.Ni/c11-14(12)13-10-6-5-8-3-1-2-4-9(8)7-10;/h1-7H,(H,11,12);/p-1. The summed E-state index contributed by atoms with van der Waals surface area (Å²) in [7, 11) is 0. The Morgan fingerprint density at radius 3 is 2.40 bits per heavy atom. The molecule has 0 aliphatic carbocycles. The fourth-order valence-electron chi connectivity index (χ4n) is 1.30. The molecule has 0 aliphatic heterocycles. The van der Waals surface area contributed by atoms with Crippen LogP contribution in [-0.2, 0) is 27.9 Å². The van der Waals surface area contributed by atoms with Gasteiger partial charge in [0.2, 0.25) is 0 Å². The van der Waals surface area contributed by atoms with Crippen molar-refractivity contribution in [2.75, 3.05) is 0 Å². The summed E-state index contributed by atoms with van der Waals surface area (Å²) >= 11 is -2.51. The maximum absolute atomic E-state index is 10.3. The molecule has 0 N–H and O–H groups in total. The van der Waals surface area contributed by atoms with E-state index in [9.17, 15) is 8.76 Å². The molecular weight excluding hydrogens is 259 g/mol. The molecule has 0 heterocycles. The first kappa shape index (κ1) is 12.2. The van der Waals surface area contributed by atoms with Gasteiger partial charge in [0, 0.05) is 16.5 Å². The Balaban J connectivity index is 0.00000112. The van der Waals surface area contributed by atoms with Crippen molar-refractivity contribution in [3.05, 3.63) is 42.5 Å². The monoisotopic (exact) mass is 265 g/mol. The maximum Gasteiger partial charge on any atom is 0.139 e. The molecule has 0 aliphatic rings. The molecule has 0 saturated heterocycles. The van der Waals surface area contributed by atoms with Crippen LogP contribution >= 0.6 is 0 Å². The number of hydrogen-bond acceptors (Lipinski definition) is 3. The van der Waals surface area contributed by atoms with Gasteiger partial charge in [-0.3, -0.25) is 0 Å². The van der Waals surface area contributed by atoms with E-state index in [1.54, 1.807) is 12.1 Å². The molecule has 15 heavy (non-hydrogen) atoms. The smallest absolute Gasteiger partial charge is 0.139 e. The maximum atomic E-state index is 10.3. The zero-order valence-electron chi connectivity index (χ0n) is 7.49. The van der Waals surface area contributed by atoms with Gasteiger partial charge in [-0.15, -0.1) is 0 Å². The van der Waals surface area contributed by atoms with Gasteiger partial charge in [-0.2, -0.15) is 0 Å². The van der Waals surface area contributed by atoms with Gasteiger partial charge in [0.05, 0.1) is 0 Å². The van der Waals surface area contributed by atoms with Crippen LogP contribution in [0.25, 0.3) is 10.8 Å². The van der Waals surface area contributed by atoms with Crippen molar-refractivity contribution >= 4 is 22.1 Å². The summed E-state index contributed by atoms with van der Waals surface area (Å²) in [5, 5.41) is 2.01. The van der Waals surface area contributed by atoms with Gasteiger partial charge in [0.1, 0.15) is 17.1 Å². The number of fused-ring (bicyclic) bond motifs is 1.